The third-order valence-electron chi connectivity index (χ3n) is 2.07. The van der Waals surface area contributed by atoms with Crippen molar-refractivity contribution in [1.82, 2.24) is 10.3 Å². The van der Waals surface area contributed by atoms with Gasteiger partial charge in [-0.1, -0.05) is 6.07 Å². The highest BCUT2D eigenvalue weighted by atomic mass is 16.6. The molecule has 3 N–H and O–H groups in total. The number of pyridine rings is 1. The number of ether oxygens (including phenoxy) is 1. The first-order valence-corrected chi connectivity index (χ1v) is 4.38. The van der Waals surface area contributed by atoms with Gasteiger partial charge >= 0.3 is 6.09 Å². The minimum absolute atomic E-state index is 0.0490. The number of nitrogen functional groups attached to an aromatic ring is 1. The maximum Gasteiger partial charge on any atom is 0.407 e. The summed E-state index contributed by atoms with van der Waals surface area (Å²) in [4.78, 5) is 14.7. The molecular weight excluding hydrogens is 182 g/mol. The molecule has 0 radical (unpaired) electrons. The molecule has 14 heavy (non-hydrogen) atoms. The maximum absolute atomic E-state index is 10.7. The summed E-state index contributed by atoms with van der Waals surface area (Å²) in [6.45, 7) is 0.420. The van der Waals surface area contributed by atoms with Gasteiger partial charge in [-0.15, -0.1) is 0 Å². The number of nitrogens with zero attached hydrogens (tertiary/aromatic N) is 1. The monoisotopic (exact) mass is 193 g/mol. The molecule has 0 aliphatic carbocycles. The molecule has 1 aromatic heterocycles. The molecule has 2 rings (SSSR count). The topological polar surface area (TPSA) is 77.2 Å². The third kappa shape index (κ3) is 1.93. The second kappa shape index (κ2) is 3.53. The van der Waals surface area contributed by atoms with Gasteiger partial charge in [0.25, 0.3) is 0 Å². The van der Waals surface area contributed by atoms with Crippen LogP contribution in [0, 0.1) is 0 Å². The van der Waals surface area contributed by atoms with E-state index >= 15 is 0 Å². The molecule has 1 saturated heterocycles. The van der Waals surface area contributed by atoms with Crippen LogP contribution in [0.4, 0.5) is 10.6 Å². The van der Waals surface area contributed by atoms with Crippen molar-refractivity contribution in [3.8, 4) is 0 Å². The van der Waals surface area contributed by atoms with Gasteiger partial charge in [0.1, 0.15) is 12.4 Å². The highest BCUT2D eigenvalue weighted by molar-refractivity contribution is 5.69. The molecule has 1 fully saturated rings. The smallest absolute Gasteiger partial charge is 0.407 e. The van der Waals surface area contributed by atoms with E-state index in [1.54, 1.807) is 12.3 Å². The second-order valence-electron chi connectivity index (χ2n) is 3.24. The van der Waals surface area contributed by atoms with Gasteiger partial charge in [-0.25, -0.2) is 9.78 Å². The Balaban J connectivity index is 1.97. The average molecular weight is 193 g/mol. The normalized spacial score (nSPS) is 20.3. The Labute approximate surface area is 81.3 Å². The fourth-order valence-electron chi connectivity index (χ4n) is 1.38. The number of amides is 1. The van der Waals surface area contributed by atoms with Crippen LogP contribution in [0.5, 0.6) is 0 Å². The number of anilines is 1. The predicted molar refractivity (Wildman–Crippen MR) is 50.6 cm³/mol. The number of nitrogens with two attached hydrogens (primary N) is 1. The number of carbonyl (C=O) groups excluding carboxylic acids is 1. The van der Waals surface area contributed by atoms with Gasteiger partial charge in [0, 0.05) is 6.20 Å². The first-order valence-electron chi connectivity index (χ1n) is 4.38. The number of carbonyl (C=O) groups is 1. The Bertz CT molecular complexity index is 336. The highest BCUT2D eigenvalue weighted by Gasteiger charge is 2.21. The molecule has 1 aliphatic heterocycles. The van der Waals surface area contributed by atoms with Crippen LogP contribution in [0.3, 0.4) is 0 Å². The van der Waals surface area contributed by atoms with Gasteiger partial charge < -0.3 is 15.8 Å². The zero-order chi connectivity index (χ0) is 9.97. The van der Waals surface area contributed by atoms with Gasteiger partial charge in [0.2, 0.25) is 0 Å². The fraction of sp³-hybridized carbons (Fsp3) is 0.333. The summed E-state index contributed by atoms with van der Waals surface area (Å²) < 4.78 is 4.77. The molecule has 74 valence electrons. The molecule has 5 nitrogen and oxygen atoms in total. The molecule has 2 heterocycles. The first kappa shape index (κ1) is 8.80. The minimum atomic E-state index is -0.349. The summed E-state index contributed by atoms with van der Waals surface area (Å²) in [5, 5.41) is 2.70. The van der Waals surface area contributed by atoms with E-state index in [2.05, 4.69) is 10.3 Å². The van der Waals surface area contributed by atoms with Crippen molar-refractivity contribution in [1.29, 1.82) is 0 Å². The van der Waals surface area contributed by atoms with Crippen LogP contribution in [0.15, 0.2) is 18.3 Å². The molecule has 1 amide bonds. The van der Waals surface area contributed by atoms with Crippen LogP contribution in [0.25, 0.3) is 0 Å². The summed E-state index contributed by atoms with van der Waals surface area (Å²) in [5.41, 5.74) is 6.49. The van der Waals surface area contributed by atoms with Crippen LogP contribution in [-0.2, 0) is 11.2 Å². The van der Waals surface area contributed by atoms with Crippen molar-refractivity contribution in [3.05, 3.63) is 23.9 Å². The number of rotatable bonds is 2. The summed E-state index contributed by atoms with van der Waals surface area (Å²) in [7, 11) is 0. The molecule has 0 bridgehead atoms. The van der Waals surface area contributed by atoms with Crippen LogP contribution in [-0.4, -0.2) is 23.7 Å². The van der Waals surface area contributed by atoms with Crippen molar-refractivity contribution in [2.75, 3.05) is 12.3 Å². The van der Waals surface area contributed by atoms with Gasteiger partial charge in [0.15, 0.2) is 0 Å². The van der Waals surface area contributed by atoms with Gasteiger partial charge in [-0.2, -0.15) is 0 Å². The molecular formula is C9H11N3O2. The Morgan fingerprint density at radius 3 is 3.07 bits per heavy atom. The summed E-state index contributed by atoms with van der Waals surface area (Å²) >= 11 is 0. The van der Waals surface area contributed by atoms with E-state index in [-0.39, 0.29) is 12.1 Å². The summed E-state index contributed by atoms with van der Waals surface area (Å²) in [6.07, 6.45) is 2.08. The van der Waals surface area contributed by atoms with Crippen molar-refractivity contribution >= 4 is 11.9 Å². The number of alkyl carbamates (subject to hydrolysis) is 1. The maximum atomic E-state index is 10.7. The minimum Gasteiger partial charge on any atom is -0.447 e. The molecule has 1 atom stereocenters. The lowest BCUT2D eigenvalue weighted by Crippen LogP contribution is -2.28. The largest absolute Gasteiger partial charge is 0.447 e. The molecule has 0 unspecified atom stereocenters. The van der Waals surface area contributed by atoms with E-state index < -0.39 is 0 Å². The van der Waals surface area contributed by atoms with Crippen LogP contribution in [0.2, 0.25) is 0 Å². The third-order valence-corrected chi connectivity index (χ3v) is 2.07. The highest BCUT2D eigenvalue weighted by Crippen LogP contribution is 2.08. The number of cyclic esters (lactones) is 1. The van der Waals surface area contributed by atoms with Crippen molar-refractivity contribution in [2.45, 2.75) is 12.5 Å². The molecule has 0 spiro atoms. The zero-order valence-corrected chi connectivity index (χ0v) is 7.56. The van der Waals surface area contributed by atoms with E-state index in [9.17, 15) is 4.79 Å². The molecule has 0 saturated carbocycles. The van der Waals surface area contributed by atoms with E-state index in [1.165, 1.54) is 0 Å². The first-order chi connectivity index (χ1) is 6.74. The van der Waals surface area contributed by atoms with Gasteiger partial charge in [-0.05, 0) is 18.1 Å². The summed E-state index contributed by atoms with van der Waals surface area (Å²) in [6, 6.07) is 3.69. The Morgan fingerprint density at radius 1 is 1.64 bits per heavy atom. The van der Waals surface area contributed by atoms with Crippen molar-refractivity contribution in [3.63, 3.8) is 0 Å². The fourth-order valence-corrected chi connectivity index (χ4v) is 1.38. The van der Waals surface area contributed by atoms with E-state index in [0.717, 1.165) is 12.0 Å². The SMILES string of the molecule is Nc1ccc(C[C@H]2COC(=O)N2)cn1. The van der Waals surface area contributed by atoms with Crippen molar-refractivity contribution < 1.29 is 9.53 Å². The number of aromatic nitrogens is 1. The molecule has 1 aliphatic rings. The lowest BCUT2D eigenvalue weighted by molar-refractivity contribution is 0.177. The quantitative estimate of drug-likeness (QED) is 0.708. The average Bonchev–Trinajstić information content (AvgIpc) is 2.56. The second-order valence-corrected chi connectivity index (χ2v) is 3.24. The molecule has 0 aromatic carbocycles. The predicted octanol–water partition coefficient (Wildman–Crippen LogP) is 0.315. The van der Waals surface area contributed by atoms with E-state index in [0.29, 0.717) is 12.4 Å². The lowest BCUT2D eigenvalue weighted by atomic mass is 10.1. The summed E-state index contributed by atoms with van der Waals surface area (Å²) in [5.74, 6) is 0.500. The Kier molecular flexibility index (Phi) is 2.22. The molecule has 5 heteroatoms. The number of hydrogen-bond donors (Lipinski definition) is 2. The standard InChI is InChI=1S/C9H11N3O2/c10-8-2-1-6(4-11-8)3-7-5-14-9(13)12-7/h1-2,4,7H,3,5H2,(H2,10,11)(H,12,13)/t7-/m0/s1. The van der Waals surface area contributed by atoms with Gasteiger partial charge in [-0.3, -0.25) is 0 Å². The Hall–Kier alpha value is -1.78. The van der Waals surface area contributed by atoms with Crippen LogP contribution < -0.4 is 11.1 Å². The zero-order valence-electron chi connectivity index (χ0n) is 7.56. The van der Waals surface area contributed by atoms with E-state index in [1.807, 2.05) is 6.07 Å². The lowest BCUT2D eigenvalue weighted by Gasteiger charge is -2.06. The van der Waals surface area contributed by atoms with E-state index in [4.69, 9.17) is 10.5 Å². The number of hydrogen-bond acceptors (Lipinski definition) is 4. The number of nitrogens with one attached hydrogen (secondary N) is 1. The van der Waals surface area contributed by atoms with Crippen molar-refractivity contribution in [2.24, 2.45) is 0 Å². The van der Waals surface area contributed by atoms with Gasteiger partial charge in [0.05, 0.1) is 6.04 Å². The van der Waals surface area contributed by atoms with Crippen LogP contribution >= 0.6 is 0 Å². The van der Waals surface area contributed by atoms with Crippen LogP contribution in [0.1, 0.15) is 5.56 Å². The Morgan fingerprint density at radius 2 is 2.50 bits per heavy atom. The molecule has 1 aromatic rings.